The fourth-order valence-corrected chi connectivity index (χ4v) is 3.40. The highest BCUT2D eigenvalue weighted by Gasteiger charge is 2.28. The molecule has 0 aliphatic carbocycles. The molecule has 3 rings (SSSR count). The predicted molar refractivity (Wildman–Crippen MR) is 124 cm³/mol. The normalized spacial score (nSPS) is 11.6. The second-order valence-corrected chi connectivity index (χ2v) is 8.11. The third kappa shape index (κ3) is 7.06. The number of carbonyl (C=O) groups excluding carboxylic acids is 1. The van der Waals surface area contributed by atoms with Gasteiger partial charge in [0.1, 0.15) is 6.29 Å². The molecule has 0 bridgehead atoms. The SMILES string of the molecule is O=CC(/C=C/c1cccc(Br)c1)(COCc1ccccc1)COCc1ccccc1. The van der Waals surface area contributed by atoms with E-state index in [4.69, 9.17) is 9.47 Å². The minimum absolute atomic E-state index is 0.241. The van der Waals surface area contributed by atoms with Crippen LogP contribution < -0.4 is 0 Å². The van der Waals surface area contributed by atoms with Gasteiger partial charge in [0.25, 0.3) is 0 Å². The summed E-state index contributed by atoms with van der Waals surface area (Å²) in [6.07, 6.45) is 4.76. The molecule has 0 saturated heterocycles. The minimum Gasteiger partial charge on any atom is -0.375 e. The van der Waals surface area contributed by atoms with Gasteiger partial charge in [-0.3, -0.25) is 0 Å². The number of rotatable bonds is 11. The number of hydrogen-bond acceptors (Lipinski definition) is 3. The van der Waals surface area contributed by atoms with Gasteiger partial charge in [-0.1, -0.05) is 101 Å². The van der Waals surface area contributed by atoms with Crippen molar-refractivity contribution < 1.29 is 14.3 Å². The predicted octanol–water partition coefficient (Wildman–Crippen LogP) is 6.08. The smallest absolute Gasteiger partial charge is 0.134 e. The fraction of sp³-hybridized carbons (Fsp3) is 0.192. The molecule has 0 amide bonds. The molecule has 0 spiro atoms. The highest BCUT2D eigenvalue weighted by atomic mass is 79.9. The summed E-state index contributed by atoms with van der Waals surface area (Å²) in [6, 6.07) is 27.8. The van der Waals surface area contributed by atoms with Gasteiger partial charge >= 0.3 is 0 Å². The standard InChI is InChI=1S/C26H25BrO3/c27-25-13-7-12-22(16-25)14-15-26(19-28,20-29-17-23-8-3-1-4-9-23)21-30-18-24-10-5-2-6-11-24/h1-16,19H,17-18,20-21H2/b15-14+. The molecule has 3 nitrogen and oxygen atoms in total. The monoisotopic (exact) mass is 464 g/mol. The van der Waals surface area contributed by atoms with Gasteiger partial charge in [-0.25, -0.2) is 0 Å². The van der Waals surface area contributed by atoms with Crippen molar-refractivity contribution in [2.24, 2.45) is 5.41 Å². The molecule has 0 fully saturated rings. The van der Waals surface area contributed by atoms with E-state index >= 15 is 0 Å². The molecule has 0 heterocycles. The van der Waals surface area contributed by atoms with Crippen LogP contribution in [-0.4, -0.2) is 19.5 Å². The van der Waals surface area contributed by atoms with Crippen molar-refractivity contribution in [1.82, 2.24) is 0 Å². The van der Waals surface area contributed by atoms with Crippen LogP contribution in [0.2, 0.25) is 0 Å². The first-order chi connectivity index (χ1) is 14.7. The first-order valence-corrected chi connectivity index (χ1v) is 10.6. The van der Waals surface area contributed by atoms with Crippen LogP contribution in [-0.2, 0) is 27.5 Å². The van der Waals surface area contributed by atoms with Crippen LogP contribution in [0.25, 0.3) is 6.08 Å². The van der Waals surface area contributed by atoms with E-state index in [9.17, 15) is 4.79 Å². The molecule has 3 aromatic rings. The van der Waals surface area contributed by atoms with E-state index in [-0.39, 0.29) is 13.2 Å². The van der Waals surface area contributed by atoms with Crippen molar-refractivity contribution in [2.75, 3.05) is 13.2 Å². The third-order valence-electron chi connectivity index (χ3n) is 4.66. The van der Waals surface area contributed by atoms with Crippen LogP contribution in [0.1, 0.15) is 16.7 Å². The Balaban J connectivity index is 1.69. The van der Waals surface area contributed by atoms with E-state index in [0.717, 1.165) is 27.4 Å². The lowest BCUT2D eigenvalue weighted by molar-refractivity contribution is -0.121. The van der Waals surface area contributed by atoms with Crippen LogP contribution in [0, 0.1) is 5.41 Å². The lowest BCUT2D eigenvalue weighted by Crippen LogP contribution is -2.32. The fourth-order valence-electron chi connectivity index (χ4n) is 2.98. The topological polar surface area (TPSA) is 35.5 Å². The molecule has 0 unspecified atom stereocenters. The molecule has 3 aromatic carbocycles. The van der Waals surface area contributed by atoms with Crippen molar-refractivity contribution in [3.8, 4) is 0 Å². The number of hydrogen-bond donors (Lipinski definition) is 0. The summed E-state index contributed by atoms with van der Waals surface area (Å²) >= 11 is 3.48. The second-order valence-electron chi connectivity index (χ2n) is 7.20. The van der Waals surface area contributed by atoms with Gasteiger partial charge in [0.05, 0.1) is 31.8 Å². The molecule has 0 aliphatic rings. The van der Waals surface area contributed by atoms with Gasteiger partial charge in [0.15, 0.2) is 0 Å². The summed E-state index contributed by atoms with van der Waals surface area (Å²) in [6.45, 7) is 1.37. The maximum atomic E-state index is 12.2. The number of ether oxygens (including phenoxy) is 2. The molecule has 0 aliphatic heterocycles. The molecule has 4 heteroatoms. The van der Waals surface area contributed by atoms with Crippen molar-refractivity contribution in [1.29, 1.82) is 0 Å². The van der Waals surface area contributed by atoms with E-state index in [2.05, 4.69) is 15.9 Å². The lowest BCUT2D eigenvalue weighted by Gasteiger charge is -2.24. The summed E-state index contributed by atoms with van der Waals surface area (Å²) in [5, 5.41) is 0. The van der Waals surface area contributed by atoms with Crippen molar-refractivity contribution in [3.05, 3.63) is 112 Å². The van der Waals surface area contributed by atoms with Crippen LogP contribution >= 0.6 is 15.9 Å². The average molecular weight is 465 g/mol. The van der Waals surface area contributed by atoms with Crippen LogP contribution in [0.5, 0.6) is 0 Å². The molecule has 0 aromatic heterocycles. The largest absolute Gasteiger partial charge is 0.375 e. The number of halogens is 1. The van der Waals surface area contributed by atoms with Crippen LogP contribution in [0.4, 0.5) is 0 Å². The highest BCUT2D eigenvalue weighted by molar-refractivity contribution is 9.10. The zero-order valence-electron chi connectivity index (χ0n) is 16.7. The molecule has 154 valence electrons. The maximum Gasteiger partial charge on any atom is 0.134 e. The van der Waals surface area contributed by atoms with Crippen molar-refractivity contribution in [3.63, 3.8) is 0 Å². The second kappa shape index (κ2) is 11.6. The Hall–Kier alpha value is -2.53. The Morgan fingerprint density at radius 3 is 1.83 bits per heavy atom. The summed E-state index contributed by atoms with van der Waals surface area (Å²) in [4.78, 5) is 12.2. The Kier molecular flexibility index (Phi) is 8.57. The van der Waals surface area contributed by atoms with Gasteiger partial charge in [-0.2, -0.15) is 0 Å². The summed E-state index contributed by atoms with van der Waals surface area (Å²) in [5.74, 6) is 0. The number of aldehydes is 1. The van der Waals surface area contributed by atoms with Crippen molar-refractivity contribution >= 4 is 28.3 Å². The Morgan fingerprint density at radius 1 is 0.767 bits per heavy atom. The minimum atomic E-state index is -0.869. The average Bonchev–Trinajstić information content (AvgIpc) is 2.79. The van der Waals surface area contributed by atoms with E-state index in [1.807, 2.05) is 97.1 Å². The van der Waals surface area contributed by atoms with Gasteiger partial charge in [0, 0.05) is 4.47 Å². The molecule has 0 N–H and O–H groups in total. The quantitative estimate of drug-likeness (QED) is 0.322. The van der Waals surface area contributed by atoms with E-state index in [1.54, 1.807) is 0 Å². The van der Waals surface area contributed by atoms with Gasteiger partial charge < -0.3 is 14.3 Å². The number of carbonyl (C=O) groups is 1. The van der Waals surface area contributed by atoms with Gasteiger partial charge in [0.2, 0.25) is 0 Å². The first-order valence-electron chi connectivity index (χ1n) is 9.84. The molecular weight excluding hydrogens is 440 g/mol. The van der Waals surface area contributed by atoms with Crippen LogP contribution in [0.15, 0.2) is 95.5 Å². The molecule has 30 heavy (non-hydrogen) atoms. The number of benzene rings is 3. The maximum absolute atomic E-state index is 12.2. The molecule has 0 atom stereocenters. The Morgan fingerprint density at radius 2 is 1.33 bits per heavy atom. The summed E-state index contributed by atoms with van der Waals surface area (Å²) in [7, 11) is 0. The summed E-state index contributed by atoms with van der Waals surface area (Å²) in [5.41, 5.74) is 2.27. The van der Waals surface area contributed by atoms with E-state index < -0.39 is 5.41 Å². The molecule has 0 saturated carbocycles. The molecular formula is C26H25BrO3. The Bertz CT molecular complexity index is 893. The zero-order valence-corrected chi connectivity index (χ0v) is 18.3. The zero-order chi connectivity index (χ0) is 21.1. The van der Waals surface area contributed by atoms with E-state index in [1.165, 1.54) is 0 Å². The first kappa shape index (κ1) is 22.2. The van der Waals surface area contributed by atoms with Gasteiger partial charge in [-0.05, 0) is 28.8 Å². The molecule has 0 radical (unpaired) electrons. The van der Waals surface area contributed by atoms with Crippen LogP contribution in [0.3, 0.4) is 0 Å². The lowest BCUT2D eigenvalue weighted by atomic mass is 9.90. The third-order valence-corrected chi connectivity index (χ3v) is 5.15. The van der Waals surface area contributed by atoms with E-state index in [0.29, 0.717) is 13.2 Å². The van der Waals surface area contributed by atoms with Gasteiger partial charge in [-0.15, -0.1) is 0 Å². The van der Waals surface area contributed by atoms with Crippen molar-refractivity contribution in [2.45, 2.75) is 13.2 Å². The Labute approximate surface area is 186 Å². The highest BCUT2D eigenvalue weighted by Crippen LogP contribution is 2.22. The summed E-state index contributed by atoms with van der Waals surface area (Å²) < 4.78 is 12.8.